The zero-order valence-corrected chi connectivity index (χ0v) is 18.8. The number of piperidine rings is 1. The molecule has 34 heavy (non-hydrogen) atoms. The SMILES string of the molecule is COc1ccc(N2C(=O)NC(=O)[C@]3(Cc4cc([N+](=O)[O-])ccc4N4CC[C@@H](C)C[C@H]43)C2=O)cc1. The van der Waals surface area contributed by atoms with Gasteiger partial charge in [-0.1, -0.05) is 6.92 Å². The summed E-state index contributed by atoms with van der Waals surface area (Å²) >= 11 is 0. The quantitative estimate of drug-likeness (QED) is 0.421. The van der Waals surface area contributed by atoms with E-state index < -0.39 is 34.2 Å². The summed E-state index contributed by atoms with van der Waals surface area (Å²) in [5.41, 5.74) is -0.0425. The minimum absolute atomic E-state index is 0.0253. The van der Waals surface area contributed by atoms with Crippen molar-refractivity contribution in [3.8, 4) is 5.75 Å². The molecule has 1 spiro atoms. The standard InChI is InChI=1S/C24H24N4O6/c1-14-9-10-26-19-8-5-17(28(32)33)12-15(19)13-24(20(26)11-14)21(29)25-23(31)27(22(24)30)16-3-6-18(34-2)7-4-16/h3-8,12,14,20H,9-11,13H2,1-2H3,(H,25,29,31)/t14-,20+,24-/m1/s1. The number of non-ortho nitro benzene ring substituents is 1. The number of urea groups is 1. The van der Waals surface area contributed by atoms with Crippen LogP contribution in [-0.2, 0) is 16.0 Å². The van der Waals surface area contributed by atoms with Crippen LogP contribution >= 0.6 is 0 Å². The molecule has 2 aromatic carbocycles. The van der Waals surface area contributed by atoms with Gasteiger partial charge in [-0.3, -0.25) is 25.0 Å². The first-order valence-corrected chi connectivity index (χ1v) is 11.1. The first-order chi connectivity index (χ1) is 16.3. The van der Waals surface area contributed by atoms with Crippen LogP contribution in [-0.4, -0.2) is 42.5 Å². The highest BCUT2D eigenvalue weighted by Crippen LogP contribution is 2.49. The Morgan fingerprint density at radius 1 is 1.15 bits per heavy atom. The third-order valence-electron chi connectivity index (χ3n) is 7.23. The van der Waals surface area contributed by atoms with Crippen LogP contribution in [0.15, 0.2) is 42.5 Å². The number of methoxy groups -OCH3 is 1. The number of hydrogen-bond donors (Lipinski definition) is 1. The molecular formula is C24H24N4O6. The van der Waals surface area contributed by atoms with Gasteiger partial charge in [0, 0.05) is 30.8 Å². The van der Waals surface area contributed by atoms with Gasteiger partial charge in [-0.2, -0.15) is 0 Å². The van der Waals surface area contributed by atoms with E-state index in [1.165, 1.54) is 19.2 Å². The van der Waals surface area contributed by atoms with Gasteiger partial charge in [0.25, 0.3) is 11.6 Å². The summed E-state index contributed by atoms with van der Waals surface area (Å²) in [6.45, 7) is 2.68. The van der Waals surface area contributed by atoms with Crippen LogP contribution in [0.5, 0.6) is 5.75 Å². The van der Waals surface area contributed by atoms with Crippen LogP contribution in [0, 0.1) is 21.4 Å². The summed E-state index contributed by atoms with van der Waals surface area (Å²) < 4.78 is 5.17. The van der Waals surface area contributed by atoms with Gasteiger partial charge >= 0.3 is 6.03 Å². The average molecular weight is 464 g/mol. The maximum absolute atomic E-state index is 14.1. The predicted molar refractivity (Wildman–Crippen MR) is 123 cm³/mol. The number of nitro benzene ring substituents is 1. The fourth-order valence-corrected chi connectivity index (χ4v) is 5.49. The Bertz CT molecular complexity index is 1210. The number of hydrogen-bond acceptors (Lipinski definition) is 7. The summed E-state index contributed by atoms with van der Waals surface area (Å²) in [5.74, 6) is -0.447. The van der Waals surface area contributed by atoms with Crippen molar-refractivity contribution in [2.75, 3.05) is 23.5 Å². The lowest BCUT2D eigenvalue weighted by atomic mass is 9.64. The van der Waals surface area contributed by atoms with Gasteiger partial charge < -0.3 is 9.64 Å². The van der Waals surface area contributed by atoms with E-state index in [0.717, 1.165) is 17.0 Å². The molecule has 10 nitrogen and oxygen atoms in total. The Morgan fingerprint density at radius 2 is 1.88 bits per heavy atom. The maximum Gasteiger partial charge on any atom is 0.335 e. The highest BCUT2D eigenvalue weighted by molar-refractivity contribution is 6.30. The highest BCUT2D eigenvalue weighted by atomic mass is 16.6. The van der Waals surface area contributed by atoms with Gasteiger partial charge in [0.2, 0.25) is 5.91 Å². The number of nitrogens with one attached hydrogen (secondary N) is 1. The third kappa shape index (κ3) is 3.12. The number of anilines is 2. The number of benzene rings is 2. The van der Waals surface area contributed by atoms with E-state index in [4.69, 9.17) is 4.74 Å². The molecule has 0 radical (unpaired) electrons. The van der Waals surface area contributed by atoms with Gasteiger partial charge in [-0.15, -0.1) is 0 Å². The molecule has 2 saturated heterocycles. The van der Waals surface area contributed by atoms with Crippen molar-refractivity contribution >= 4 is 34.9 Å². The molecule has 2 aromatic rings. The lowest BCUT2D eigenvalue weighted by Gasteiger charge is -2.54. The van der Waals surface area contributed by atoms with E-state index in [9.17, 15) is 24.5 Å². The monoisotopic (exact) mass is 464 g/mol. The molecule has 4 amide bonds. The highest BCUT2D eigenvalue weighted by Gasteiger charge is 2.63. The number of nitrogens with zero attached hydrogens (tertiary/aromatic N) is 3. The van der Waals surface area contributed by atoms with Crippen molar-refractivity contribution in [2.45, 2.75) is 32.2 Å². The zero-order valence-electron chi connectivity index (χ0n) is 18.8. The molecule has 3 atom stereocenters. The van der Waals surface area contributed by atoms with Gasteiger partial charge in [0.05, 0.1) is 23.8 Å². The van der Waals surface area contributed by atoms with Gasteiger partial charge in [-0.25, -0.2) is 9.69 Å². The molecule has 3 aliphatic heterocycles. The van der Waals surface area contributed by atoms with Crippen molar-refractivity contribution in [3.63, 3.8) is 0 Å². The number of rotatable bonds is 3. The molecule has 10 heteroatoms. The molecule has 5 rings (SSSR count). The molecule has 176 valence electrons. The number of barbiturate groups is 1. The molecule has 3 aliphatic rings. The zero-order chi connectivity index (χ0) is 24.2. The fourth-order valence-electron chi connectivity index (χ4n) is 5.49. The Hall–Kier alpha value is -3.95. The topological polar surface area (TPSA) is 122 Å². The third-order valence-corrected chi connectivity index (χ3v) is 7.23. The van der Waals surface area contributed by atoms with Crippen molar-refractivity contribution < 1.29 is 24.0 Å². The molecule has 3 heterocycles. The van der Waals surface area contributed by atoms with E-state index in [1.54, 1.807) is 30.3 Å². The molecule has 0 saturated carbocycles. The van der Waals surface area contributed by atoms with Gasteiger partial charge in [0.15, 0.2) is 5.41 Å². The van der Waals surface area contributed by atoms with E-state index >= 15 is 0 Å². The Balaban J connectivity index is 1.66. The largest absolute Gasteiger partial charge is 0.497 e. The molecule has 0 bridgehead atoms. The van der Waals surface area contributed by atoms with Crippen molar-refractivity contribution in [3.05, 3.63) is 58.1 Å². The molecule has 0 aliphatic carbocycles. The minimum Gasteiger partial charge on any atom is -0.497 e. The number of carbonyl (C=O) groups is 3. The number of amides is 4. The second-order valence-corrected chi connectivity index (χ2v) is 9.15. The van der Waals surface area contributed by atoms with Gasteiger partial charge in [-0.05, 0) is 54.7 Å². The number of nitro groups is 1. The molecule has 0 unspecified atom stereocenters. The van der Waals surface area contributed by atoms with Crippen molar-refractivity contribution in [1.29, 1.82) is 0 Å². The number of imide groups is 2. The first-order valence-electron chi connectivity index (χ1n) is 11.1. The van der Waals surface area contributed by atoms with Crippen LogP contribution in [0.3, 0.4) is 0 Å². The molecular weight excluding hydrogens is 440 g/mol. The van der Waals surface area contributed by atoms with E-state index in [1.807, 2.05) is 4.90 Å². The maximum atomic E-state index is 14.1. The predicted octanol–water partition coefficient (Wildman–Crippen LogP) is 3.03. The minimum atomic E-state index is -1.59. The fraction of sp³-hybridized carbons (Fsp3) is 0.375. The lowest BCUT2D eigenvalue weighted by Crippen LogP contribution is -2.73. The second kappa shape index (κ2) is 7.82. The van der Waals surface area contributed by atoms with Crippen molar-refractivity contribution in [1.82, 2.24) is 5.32 Å². The summed E-state index contributed by atoms with van der Waals surface area (Å²) in [7, 11) is 1.51. The van der Waals surface area contributed by atoms with Crippen LogP contribution < -0.4 is 19.9 Å². The summed E-state index contributed by atoms with van der Waals surface area (Å²) in [4.78, 5) is 54.4. The van der Waals surface area contributed by atoms with Crippen LogP contribution in [0.2, 0.25) is 0 Å². The summed E-state index contributed by atoms with van der Waals surface area (Å²) in [6, 6.07) is 9.72. The first kappa shape index (κ1) is 21.9. The molecule has 1 N–H and O–H groups in total. The van der Waals surface area contributed by atoms with E-state index in [0.29, 0.717) is 30.0 Å². The Labute approximate surface area is 195 Å². The number of fused-ring (bicyclic) bond motifs is 4. The van der Waals surface area contributed by atoms with Gasteiger partial charge in [0.1, 0.15) is 5.75 Å². The molecule has 2 fully saturated rings. The van der Waals surface area contributed by atoms with Crippen LogP contribution in [0.25, 0.3) is 0 Å². The van der Waals surface area contributed by atoms with E-state index in [-0.39, 0.29) is 18.0 Å². The van der Waals surface area contributed by atoms with Crippen LogP contribution in [0.4, 0.5) is 21.9 Å². The summed E-state index contributed by atoms with van der Waals surface area (Å²) in [6.07, 6.45) is 1.42. The Kier molecular flexibility index (Phi) is 5.03. The normalized spacial score (nSPS) is 26.1. The number of carbonyl (C=O) groups excluding carboxylic acids is 3. The summed E-state index contributed by atoms with van der Waals surface area (Å²) in [5, 5.41) is 13.8. The Morgan fingerprint density at radius 3 is 2.56 bits per heavy atom. The average Bonchev–Trinajstić information content (AvgIpc) is 2.82. The lowest BCUT2D eigenvalue weighted by molar-refractivity contribution is -0.384. The molecule has 0 aromatic heterocycles. The smallest absolute Gasteiger partial charge is 0.335 e. The van der Waals surface area contributed by atoms with E-state index in [2.05, 4.69) is 12.2 Å². The number of ether oxygens (including phenoxy) is 1. The van der Waals surface area contributed by atoms with Crippen LogP contribution in [0.1, 0.15) is 25.3 Å². The second-order valence-electron chi connectivity index (χ2n) is 9.15. The van der Waals surface area contributed by atoms with Crippen molar-refractivity contribution in [2.24, 2.45) is 11.3 Å².